The number of rotatable bonds is 3. The maximum Gasteiger partial charge on any atom is 0.286 e. The number of hydrogen-bond donors (Lipinski definition) is 2. The number of benzene rings is 1. The Morgan fingerprint density at radius 2 is 1.92 bits per heavy atom. The van der Waals surface area contributed by atoms with Crippen LogP contribution in [0, 0.1) is 11.2 Å². The van der Waals surface area contributed by atoms with E-state index in [9.17, 15) is 14.0 Å². The Hall–Kier alpha value is -2.93. The van der Waals surface area contributed by atoms with E-state index in [4.69, 9.17) is 17.0 Å². The summed E-state index contributed by atoms with van der Waals surface area (Å²) in [7, 11) is 3.07. The molecule has 2 N–H and O–H groups in total. The van der Waals surface area contributed by atoms with Crippen molar-refractivity contribution in [2.45, 2.75) is 6.04 Å². The summed E-state index contributed by atoms with van der Waals surface area (Å²) in [4.78, 5) is 25.7. The number of hydrogen-bond acceptors (Lipinski definition) is 4. The lowest BCUT2D eigenvalue weighted by Crippen LogP contribution is -2.31. The second kappa shape index (κ2) is 6.76. The molecule has 1 aliphatic rings. The lowest BCUT2D eigenvalue weighted by Gasteiger charge is -2.25. The van der Waals surface area contributed by atoms with Crippen LogP contribution in [0.2, 0.25) is 5.02 Å². The molecule has 1 fully saturated rings. The number of halogens is 2. The van der Waals surface area contributed by atoms with E-state index in [0.717, 1.165) is 10.6 Å². The molecule has 2 heterocycles. The zero-order chi connectivity index (χ0) is 19.0. The molecule has 3 rings (SSSR count). The monoisotopic (exact) mass is 374 g/mol. The SMILES string of the molecule is CN/C=C1\C(=N)C(=O)N(c2cc(F)c(=O)n(C)c2)C1c1ccc(Cl)cc1. The van der Waals surface area contributed by atoms with Crippen LogP contribution in [0.3, 0.4) is 0 Å². The highest BCUT2D eigenvalue weighted by atomic mass is 35.5. The largest absolute Gasteiger partial charge is 0.394 e. The molecule has 0 spiro atoms. The van der Waals surface area contributed by atoms with Crippen LogP contribution in [-0.4, -0.2) is 23.2 Å². The van der Waals surface area contributed by atoms with Crippen molar-refractivity contribution < 1.29 is 9.18 Å². The smallest absolute Gasteiger partial charge is 0.286 e. The second-order valence-corrected chi connectivity index (χ2v) is 6.29. The van der Waals surface area contributed by atoms with E-state index in [1.54, 1.807) is 37.5 Å². The average Bonchev–Trinajstić information content (AvgIpc) is 2.85. The van der Waals surface area contributed by atoms with Crippen molar-refractivity contribution in [1.82, 2.24) is 9.88 Å². The van der Waals surface area contributed by atoms with Gasteiger partial charge in [0.15, 0.2) is 5.82 Å². The van der Waals surface area contributed by atoms with Gasteiger partial charge in [0.1, 0.15) is 5.71 Å². The number of aryl methyl sites for hydroxylation is 1. The number of pyridine rings is 1. The molecule has 2 aromatic rings. The quantitative estimate of drug-likeness (QED) is 0.865. The first-order valence-electron chi connectivity index (χ1n) is 7.76. The molecule has 26 heavy (non-hydrogen) atoms. The van der Waals surface area contributed by atoms with Gasteiger partial charge in [-0.2, -0.15) is 0 Å². The van der Waals surface area contributed by atoms with Gasteiger partial charge in [-0.3, -0.25) is 19.9 Å². The number of aromatic nitrogens is 1. The fourth-order valence-electron chi connectivity index (χ4n) is 2.97. The standard InChI is InChI=1S/C18H16ClFN4O2/c1-22-8-13-15(21)18(26)24(12-7-14(20)17(25)23(2)9-12)16(13)10-3-5-11(19)6-4-10/h3-9,16,21-22H,1-2H3/b13-8+,21-15?. The lowest BCUT2D eigenvalue weighted by atomic mass is 9.99. The van der Waals surface area contributed by atoms with Crippen molar-refractivity contribution in [3.8, 4) is 0 Å². The van der Waals surface area contributed by atoms with Crippen molar-refractivity contribution in [3.05, 3.63) is 75.1 Å². The Morgan fingerprint density at radius 3 is 2.50 bits per heavy atom. The number of anilines is 1. The van der Waals surface area contributed by atoms with Gasteiger partial charge in [0.25, 0.3) is 11.5 Å². The Balaban J connectivity index is 2.22. The molecule has 0 bridgehead atoms. The Morgan fingerprint density at radius 1 is 1.27 bits per heavy atom. The molecule has 1 atom stereocenters. The summed E-state index contributed by atoms with van der Waals surface area (Å²) in [6.07, 6.45) is 2.94. The highest BCUT2D eigenvalue weighted by molar-refractivity contribution is 6.51. The molecule has 0 saturated carbocycles. The fourth-order valence-corrected chi connectivity index (χ4v) is 3.10. The minimum absolute atomic E-state index is 0.193. The van der Waals surface area contributed by atoms with Gasteiger partial charge in [0.2, 0.25) is 0 Å². The minimum atomic E-state index is -0.967. The molecule has 0 aliphatic carbocycles. The number of carbonyl (C=O) groups excluding carboxylic acids is 1. The summed E-state index contributed by atoms with van der Waals surface area (Å²) in [5, 5.41) is 11.6. The van der Waals surface area contributed by atoms with Crippen LogP contribution >= 0.6 is 11.6 Å². The first-order chi connectivity index (χ1) is 12.3. The molecule has 1 amide bonds. The molecule has 1 aromatic heterocycles. The first-order valence-corrected chi connectivity index (χ1v) is 8.14. The van der Waals surface area contributed by atoms with Gasteiger partial charge in [-0.15, -0.1) is 0 Å². The molecule has 1 aliphatic heterocycles. The van der Waals surface area contributed by atoms with E-state index in [2.05, 4.69) is 5.32 Å². The van der Waals surface area contributed by atoms with Crippen LogP contribution in [-0.2, 0) is 11.8 Å². The van der Waals surface area contributed by atoms with Crippen LogP contribution in [0.25, 0.3) is 0 Å². The van der Waals surface area contributed by atoms with Gasteiger partial charge in [0, 0.05) is 43.2 Å². The third-order valence-corrected chi connectivity index (χ3v) is 4.42. The third kappa shape index (κ3) is 2.90. The maximum atomic E-state index is 14.0. The predicted molar refractivity (Wildman–Crippen MR) is 98.2 cm³/mol. The zero-order valence-corrected chi connectivity index (χ0v) is 14.8. The Labute approximate surface area is 154 Å². The second-order valence-electron chi connectivity index (χ2n) is 5.85. The van der Waals surface area contributed by atoms with Crippen LogP contribution in [0.5, 0.6) is 0 Å². The summed E-state index contributed by atoms with van der Waals surface area (Å²) in [5.41, 5.74) is 0.353. The summed E-state index contributed by atoms with van der Waals surface area (Å²) in [6.45, 7) is 0. The van der Waals surface area contributed by atoms with E-state index in [0.29, 0.717) is 16.2 Å². The zero-order valence-electron chi connectivity index (χ0n) is 14.1. The number of amides is 1. The predicted octanol–water partition coefficient (Wildman–Crippen LogP) is 2.39. The molecule has 1 unspecified atom stereocenters. The van der Waals surface area contributed by atoms with Crippen molar-refractivity contribution in [1.29, 1.82) is 5.41 Å². The number of carbonyl (C=O) groups is 1. The van der Waals surface area contributed by atoms with E-state index >= 15 is 0 Å². The Kier molecular flexibility index (Phi) is 4.65. The molecular formula is C18H16ClFN4O2. The van der Waals surface area contributed by atoms with Gasteiger partial charge < -0.3 is 9.88 Å². The van der Waals surface area contributed by atoms with Gasteiger partial charge in [-0.1, -0.05) is 23.7 Å². The van der Waals surface area contributed by atoms with Crippen LogP contribution in [0.4, 0.5) is 10.1 Å². The lowest BCUT2D eigenvalue weighted by molar-refractivity contribution is -0.112. The van der Waals surface area contributed by atoms with Crippen molar-refractivity contribution in [2.75, 3.05) is 11.9 Å². The highest BCUT2D eigenvalue weighted by Crippen LogP contribution is 2.39. The maximum absolute atomic E-state index is 14.0. The fraction of sp³-hybridized carbons (Fsp3) is 0.167. The molecule has 1 aromatic carbocycles. The highest BCUT2D eigenvalue weighted by Gasteiger charge is 2.42. The summed E-state index contributed by atoms with van der Waals surface area (Å²) < 4.78 is 15.0. The molecule has 0 radical (unpaired) electrons. The number of nitrogens with zero attached hydrogens (tertiary/aromatic N) is 2. The van der Waals surface area contributed by atoms with E-state index in [1.165, 1.54) is 18.1 Å². The summed E-state index contributed by atoms with van der Waals surface area (Å²) >= 11 is 5.95. The first kappa shape index (κ1) is 17.9. The van der Waals surface area contributed by atoms with Gasteiger partial charge >= 0.3 is 0 Å². The molecule has 1 saturated heterocycles. The van der Waals surface area contributed by atoms with Gasteiger partial charge in [-0.05, 0) is 17.7 Å². The van der Waals surface area contributed by atoms with Crippen LogP contribution in [0.15, 0.2) is 53.1 Å². The molecule has 6 nitrogen and oxygen atoms in total. The molecular weight excluding hydrogens is 359 g/mol. The minimum Gasteiger partial charge on any atom is -0.394 e. The summed E-state index contributed by atoms with van der Waals surface area (Å²) in [6, 6.07) is 7.22. The number of nitrogens with one attached hydrogen (secondary N) is 2. The van der Waals surface area contributed by atoms with Crippen molar-refractivity contribution >= 4 is 28.9 Å². The van der Waals surface area contributed by atoms with Crippen molar-refractivity contribution in [2.24, 2.45) is 7.05 Å². The van der Waals surface area contributed by atoms with Gasteiger partial charge in [0.05, 0.1) is 11.7 Å². The Bertz CT molecular complexity index is 955. The van der Waals surface area contributed by atoms with E-state index in [1.807, 2.05) is 0 Å². The normalized spacial score (nSPS) is 18.7. The topological polar surface area (TPSA) is 78.2 Å². The van der Waals surface area contributed by atoms with Crippen LogP contribution in [0.1, 0.15) is 11.6 Å². The van der Waals surface area contributed by atoms with E-state index in [-0.39, 0.29) is 11.4 Å². The van der Waals surface area contributed by atoms with Crippen molar-refractivity contribution in [3.63, 3.8) is 0 Å². The van der Waals surface area contributed by atoms with E-state index < -0.39 is 23.3 Å². The third-order valence-electron chi connectivity index (χ3n) is 4.16. The average molecular weight is 375 g/mol. The molecule has 134 valence electrons. The van der Waals surface area contributed by atoms with Crippen LogP contribution < -0.4 is 15.8 Å². The summed E-state index contributed by atoms with van der Waals surface area (Å²) in [5.74, 6) is -1.55. The molecule has 8 heteroatoms. The van der Waals surface area contributed by atoms with Gasteiger partial charge in [-0.25, -0.2) is 4.39 Å².